The minimum atomic E-state index is -0.225. The lowest BCUT2D eigenvalue weighted by atomic mass is 10.2. The Kier molecular flexibility index (Phi) is 3.60. The van der Waals surface area contributed by atoms with Gasteiger partial charge >= 0.3 is 5.69 Å². The first-order valence-electron chi connectivity index (χ1n) is 6.25. The van der Waals surface area contributed by atoms with Crippen LogP contribution in [0, 0.1) is 0 Å². The van der Waals surface area contributed by atoms with Crippen LogP contribution in [0.1, 0.15) is 5.56 Å². The number of anilines is 2. The summed E-state index contributed by atoms with van der Waals surface area (Å²) in [6.07, 6.45) is 0. The second kappa shape index (κ2) is 5.71. The van der Waals surface area contributed by atoms with Crippen molar-refractivity contribution in [1.29, 1.82) is 0 Å². The molecule has 0 bridgehead atoms. The zero-order valence-electron chi connectivity index (χ0n) is 10.7. The average molecular weight is 283 g/mol. The lowest BCUT2D eigenvalue weighted by Crippen LogP contribution is -2.15. The van der Waals surface area contributed by atoms with Gasteiger partial charge in [0.1, 0.15) is 0 Å². The Morgan fingerprint density at radius 3 is 2.35 bits per heavy atom. The predicted molar refractivity (Wildman–Crippen MR) is 81.6 cm³/mol. The highest BCUT2D eigenvalue weighted by Gasteiger charge is 2.06. The summed E-state index contributed by atoms with van der Waals surface area (Å²) in [6.45, 7) is 0.549. The molecule has 0 aliphatic carbocycles. The first kappa shape index (κ1) is 12.6. The van der Waals surface area contributed by atoms with Crippen molar-refractivity contribution < 1.29 is 0 Å². The van der Waals surface area contributed by atoms with Crippen LogP contribution in [0.5, 0.6) is 0 Å². The minimum Gasteiger partial charge on any atom is -0.330 e. The topological polar surface area (TPSA) is 46.9 Å². The average Bonchev–Trinajstić information content (AvgIpc) is 2.81. The summed E-state index contributed by atoms with van der Waals surface area (Å²) in [5.74, 6) is 0. The highest BCUT2D eigenvalue weighted by atomic mass is 32.1. The van der Waals surface area contributed by atoms with Gasteiger partial charge < -0.3 is 5.32 Å². The fourth-order valence-corrected chi connectivity index (χ4v) is 2.68. The van der Waals surface area contributed by atoms with E-state index in [1.54, 1.807) is 3.96 Å². The van der Waals surface area contributed by atoms with Gasteiger partial charge in [0.15, 0.2) is 0 Å². The molecule has 0 saturated carbocycles. The van der Waals surface area contributed by atoms with E-state index in [4.69, 9.17) is 0 Å². The standard InChI is InChI=1S/C15H13N3OS/c19-15-17-14(16-13-9-5-2-6-10-13)20-18(15)11-12-7-3-1-4-8-12/h1-10H,11H2,(H,16,17,19). The molecule has 3 aromatic rings. The molecule has 1 N–H and O–H groups in total. The number of aromatic nitrogens is 2. The van der Waals surface area contributed by atoms with Crippen molar-refractivity contribution in [2.45, 2.75) is 6.54 Å². The monoisotopic (exact) mass is 283 g/mol. The molecule has 100 valence electrons. The smallest absolute Gasteiger partial charge is 0.330 e. The Morgan fingerprint density at radius 2 is 1.65 bits per heavy atom. The quantitative estimate of drug-likeness (QED) is 0.800. The van der Waals surface area contributed by atoms with Crippen LogP contribution in [-0.2, 0) is 6.54 Å². The Hall–Kier alpha value is -2.40. The van der Waals surface area contributed by atoms with Crippen molar-refractivity contribution >= 4 is 22.4 Å². The van der Waals surface area contributed by atoms with Crippen LogP contribution < -0.4 is 11.0 Å². The van der Waals surface area contributed by atoms with E-state index in [-0.39, 0.29) is 5.69 Å². The molecule has 0 saturated heterocycles. The molecule has 0 atom stereocenters. The highest BCUT2D eigenvalue weighted by Crippen LogP contribution is 2.17. The normalized spacial score (nSPS) is 10.4. The van der Waals surface area contributed by atoms with Gasteiger partial charge in [-0.1, -0.05) is 48.5 Å². The number of benzene rings is 2. The van der Waals surface area contributed by atoms with Gasteiger partial charge in [-0.2, -0.15) is 4.98 Å². The van der Waals surface area contributed by atoms with E-state index < -0.39 is 0 Å². The molecule has 3 rings (SSSR count). The van der Waals surface area contributed by atoms with Gasteiger partial charge in [-0.25, -0.2) is 8.75 Å². The number of rotatable bonds is 4. The summed E-state index contributed by atoms with van der Waals surface area (Å²) >= 11 is 1.33. The molecule has 0 fully saturated rings. The number of nitrogens with one attached hydrogen (secondary N) is 1. The van der Waals surface area contributed by atoms with Gasteiger partial charge in [0.25, 0.3) is 0 Å². The third kappa shape index (κ3) is 2.95. The first-order valence-corrected chi connectivity index (χ1v) is 7.03. The molecule has 4 nitrogen and oxygen atoms in total. The summed E-state index contributed by atoms with van der Waals surface area (Å²) < 4.78 is 1.64. The maximum Gasteiger partial charge on any atom is 0.360 e. The third-order valence-electron chi connectivity index (χ3n) is 2.80. The lowest BCUT2D eigenvalue weighted by Gasteiger charge is -2.01. The van der Waals surface area contributed by atoms with Crippen LogP contribution in [0.4, 0.5) is 10.8 Å². The van der Waals surface area contributed by atoms with Gasteiger partial charge in [0.05, 0.1) is 6.54 Å². The highest BCUT2D eigenvalue weighted by molar-refractivity contribution is 7.10. The van der Waals surface area contributed by atoms with Crippen molar-refractivity contribution in [3.05, 3.63) is 76.7 Å². The second-order valence-electron chi connectivity index (χ2n) is 4.30. The van der Waals surface area contributed by atoms with Crippen LogP contribution in [-0.4, -0.2) is 8.94 Å². The molecule has 1 aromatic heterocycles. The molecule has 20 heavy (non-hydrogen) atoms. The van der Waals surface area contributed by atoms with E-state index in [9.17, 15) is 4.79 Å². The van der Waals surface area contributed by atoms with Crippen molar-refractivity contribution in [1.82, 2.24) is 8.94 Å². The molecule has 5 heteroatoms. The molecule has 1 heterocycles. The van der Waals surface area contributed by atoms with Crippen molar-refractivity contribution in [2.24, 2.45) is 0 Å². The van der Waals surface area contributed by atoms with Gasteiger partial charge in [-0.05, 0) is 29.2 Å². The third-order valence-corrected chi connectivity index (χ3v) is 3.67. The van der Waals surface area contributed by atoms with Crippen molar-refractivity contribution in [2.75, 3.05) is 5.32 Å². The molecular formula is C15H13N3OS. The van der Waals surface area contributed by atoms with Crippen molar-refractivity contribution in [3.8, 4) is 0 Å². The Morgan fingerprint density at radius 1 is 1.00 bits per heavy atom. The number of hydrogen-bond acceptors (Lipinski definition) is 4. The minimum absolute atomic E-state index is 0.225. The SMILES string of the molecule is O=c1nc(Nc2ccccc2)sn1Cc1ccccc1. The fourth-order valence-electron chi connectivity index (χ4n) is 1.85. The van der Waals surface area contributed by atoms with Crippen LogP contribution in [0.3, 0.4) is 0 Å². The summed E-state index contributed by atoms with van der Waals surface area (Å²) in [7, 11) is 0. The van der Waals surface area contributed by atoms with E-state index in [0.29, 0.717) is 11.7 Å². The van der Waals surface area contributed by atoms with Crippen molar-refractivity contribution in [3.63, 3.8) is 0 Å². The van der Waals surface area contributed by atoms with E-state index >= 15 is 0 Å². The molecule has 0 amide bonds. The summed E-state index contributed by atoms with van der Waals surface area (Å²) in [4.78, 5) is 15.9. The summed E-state index contributed by atoms with van der Waals surface area (Å²) in [5, 5.41) is 3.75. The zero-order chi connectivity index (χ0) is 13.8. The lowest BCUT2D eigenvalue weighted by molar-refractivity contribution is 0.823. The Labute approximate surface area is 120 Å². The maximum atomic E-state index is 11.9. The maximum absolute atomic E-state index is 11.9. The van der Waals surface area contributed by atoms with E-state index in [2.05, 4.69) is 10.3 Å². The van der Waals surface area contributed by atoms with Crippen LogP contribution in [0.25, 0.3) is 0 Å². The molecule has 0 radical (unpaired) electrons. The second-order valence-corrected chi connectivity index (χ2v) is 5.31. The van der Waals surface area contributed by atoms with Crippen LogP contribution >= 0.6 is 11.5 Å². The molecule has 0 spiro atoms. The summed E-state index contributed by atoms with van der Waals surface area (Å²) in [5.41, 5.74) is 1.79. The summed E-state index contributed by atoms with van der Waals surface area (Å²) in [6, 6.07) is 19.6. The Balaban J connectivity index is 1.79. The molecular weight excluding hydrogens is 270 g/mol. The number of para-hydroxylation sites is 1. The number of hydrogen-bond donors (Lipinski definition) is 1. The Bertz CT molecular complexity index is 735. The van der Waals surface area contributed by atoms with Crippen LogP contribution in [0.2, 0.25) is 0 Å². The van der Waals surface area contributed by atoms with Gasteiger partial charge in [0, 0.05) is 5.69 Å². The fraction of sp³-hybridized carbons (Fsp3) is 0.0667. The van der Waals surface area contributed by atoms with E-state index in [1.807, 2.05) is 60.7 Å². The largest absolute Gasteiger partial charge is 0.360 e. The van der Waals surface area contributed by atoms with Gasteiger partial charge in [0.2, 0.25) is 5.13 Å². The van der Waals surface area contributed by atoms with Gasteiger partial charge in [-0.3, -0.25) is 0 Å². The predicted octanol–water partition coefficient (Wildman–Crippen LogP) is 3.10. The van der Waals surface area contributed by atoms with E-state index in [1.165, 1.54) is 11.5 Å². The molecule has 0 aliphatic rings. The molecule has 0 unspecified atom stereocenters. The molecule has 0 aliphatic heterocycles. The van der Waals surface area contributed by atoms with E-state index in [0.717, 1.165) is 11.3 Å². The van der Waals surface area contributed by atoms with Crippen LogP contribution in [0.15, 0.2) is 65.5 Å². The van der Waals surface area contributed by atoms with Gasteiger partial charge in [-0.15, -0.1) is 0 Å². The molecule has 2 aromatic carbocycles. The number of nitrogens with zero attached hydrogens (tertiary/aromatic N) is 2. The first-order chi connectivity index (χ1) is 9.81. The zero-order valence-corrected chi connectivity index (χ0v) is 11.5.